The third-order valence-electron chi connectivity index (χ3n) is 4.14. The zero-order valence-corrected chi connectivity index (χ0v) is 12.7. The van der Waals surface area contributed by atoms with Crippen LogP contribution in [0, 0.1) is 0 Å². The van der Waals surface area contributed by atoms with Crippen molar-refractivity contribution in [2.45, 2.75) is 32.2 Å². The number of rotatable bonds is 3. The predicted molar refractivity (Wildman–Crippen MR) is 80.3 cm³/mol. The molecule has 1 aromatic heterocycles. The van der Waals surface area contributed by atoms with Crippen LogP contribution in [0.5, 0.6) is 0 Å². The van der Waals surface area contributed by atoms with Gasteiger partial charge in [0.05, 0.1) is 12.2 Å². The fraction of sp³-hybridized carbons (Fsp3) is 0.438. The highest BCUT2D eigenvalue weighted by Gasteiger charge is 2.18. The molecule has 110 valence electrons. The largest absolute Gasteiger partial charge is 0.343 e. The van der Waals surface area contributed by atoms with Gasteiger partial charge >= 0.3 is 0 Å². The number of benzene rings is 1. The topological polar surface area (TPSA) is 51.0 Å². The Hall–Kier alpha value is -2.17. The van der Waals surface area contributed by atoms with Gasteiger partial charge in [-0.25, -0.2) is 4.68 Å². The van der Waals surface area contributed by atoms with E-state index in [1.165, 1.54) is 34.4 Å². The van der Waals surface area contributed by atoms with Crippen molar-refractivity contribution in [3.05, 3.63) is 46.8 Å². The van der Waals surface area contributed by atoms with Gasteiger partial charge in [-0.15, -0.1) is 5.10 Å². The molecule has 3 rings (SSSR count). The van der Waals surface area contributed by atoms with E-state index in [-0.39, 0.29) is 11.9 Å². The number of hydrogen-bond donors (Lipinski definition) is 0. The summed E-state index contributed by atoms with van der Waals surface area (Å²) in [5.41, 5.74) is 4.51. The van der Waals surface area contributed by atoms with Gasteiger partial charge < -0.3 is 4.90 Å². The standard InChI is InChI=1S/C16H20N4O/c1-11(13-8-7-12-5-4-6-14(12)9-13)20-10-15(17-18-20)16(21)19(2)3/h7-11H,4-6H2,1-3H3/t11-/m0/s1. The molecule has 1 aliphatic rings. The van der Waals surface area contributed by atoms with Crippen molar-refractivity contribution in [3.63, 3.8) is 0 Å². The zero-order valence-electron chi connectivity index (χ0n) is 12.7. The molecule has 1 amide bonds. The quantitative estimate of drug-likeness (QED) is 0.867. The van der Waals surface area contributed by atoms with Gasteiger partial charge in [-0.05, 0) is 42.9 Å². The van der Waals surface area contributed by atoms with E-state index in [1.54, 1.807) is 25.0 Å². The van der Waals surface area contributed by atoms with Crippen LogP contribution < -0.4 is 0 Å². The summed E-state index contributed by atoms with van der Waals surface area (Å²) < 4.78 is 1.76. The molecule has 5 heteroatoms. The molecule has 1 atom stereocenters. The molecule has 0 N–H and O–H groups in total. The summed E-state index contributed by atoms with van der Waals surface area (Å²) in [5.74, 6) is -0.123. The van der Waals surface area contributed by atoms with Crippen molar-refractivity contribution in [2.75, 3.05) is 14.1 Å². The van der Waals surface area contributed by atoms with Crippen LogP contribution in [-0.4, -0.2) is 39.9 Å². The lowest BCUT2D eigenvalue weighted by Gasteiger charge is -2.13. The Morgan fingerprint density at radius 1 is 1.29 bits per heavy atom. The first-order valence-electron chi connectivity index (χ1n) is 7.31. The van der Waals surface area contributed by atoms with Crippen molar-refractivity contribution >= 4 is 5.91 Å². The Kier molecular flexibility index (Phi) is 3.49. The highest BCUT2D eigenvalue weighted by molar-refractivity contribution is 5.91. The lowest BCUT2D eigenvalue weighted by molar-refractivity contribution is 0.0822. The minimum Gasteiger partial charge on any atom is -0.343 e. The second kappa shape index (κ2) is 5.31. The number of aryl methyl sites for hydroxylation is 2. The predicted octanol–water partition coefficient (Wildman–Crippen LogP) is 2.08. The Labute approximate surface area is 124 Å². The molecule has 0 unspecified atom stereocenters. The average Bonchev–Trinajstić information content (AvgIpc) is 3.13. The Balaban J connectivity index is 1.85. The van der Waals surface area contributed by atoms with Gasteiger partial charge in [0.15, 0.2) is 5.69 Å². The fourth-order valence-electron chi connectivity index (χ4n) is 2.80. The van der Waals surface area contributed by atoms with Crippen molar-refractivity contribution in [3.8, 4) is 0 Å². The monoisotopic (exact) mass is 284 g/mol. The summed E-state index contributed by atoms with van der Waals surface area (Å²) in [6, 6.07) is 6.72. The molecule has 0 saturated heterocycles. The molecular formula is C16H20N4O. The molecule has 5 nitrogen and oxygen atoms in total. The molecule has 0 saturated carbocycles. The molecule has 1 heterocycles. The summed E-state index contributed by atoms with van der Waals surface area (Å²) in [6.45, 7) is 2.08. The first kappa shape index (κ1) is 13.8. The SMILES string of the molecule is C[C@@H](c1ccc2c(c1)CCC2)n1cc(C(=O)N(C)C)nn1. The van der Waals surface area contributed by atoms with Crippen LogP contribution >= 0.6 is 0 Å². The zero-order chi connectivity index (χ0) is 15.0. The molecule has 0 bridgehead atoms. The number of amides is 1. The van der Waals surface area contributed by atoms with Gasteiger partial charge in [-0.3, -0.25) is 4.79 Å². The van der Waals surface area contributed by atoms with Crippen LogP contribution in [0.2, 0.25) is 0 Å². The summed E-state index contributed by atoms with van der Waals surface area (Å²) in [5, 5.41) is 8.09. The summed E-state index contributed by atoms with van der Waals surface area (Å²) >= 11 is 0. The highest BCUT2D eigenvalue weighted by Crippen LogP contribution is 2.26. The fourth-order valence-corrected chi connectivity index (χ4v) is 2.80. The second-order valence-corrected chi connectivity index (χ2v) is 5.84. The van der Waals surface area contributed by atoms with Crippen LogP contribution in [0.15, 0.2) is 24.4 Å². The number of aromatic nitrogens is 3. The molecular weight excluding hydrogens is 264 g/mol. The van der Waals surface area contributed by atoms with Crippen molar-refractivity contribution in [1.82, 2.24) is 19.9 Å². The third-order valence-corrected chi connectivity index (χ3v) is 4.14. The Morgan fingerprint density at radius 2 is 2.05 bits per heavy atom. The summed E-state index contributed by atoms with van der Waals surface area (Å²) in [6.07, 6.45) is 5.32. The number of carbonyl (C=O) groups is 1. The maximum atomic E-state index is 11.9. The van der Waals surface area contributed by atoms with Crippen molar-refractivity contribution < 1.29 is 4.79 Å². The van der Waals surface area contributed by atoms with Gasteiger partial charge in [-0.2, -0.15) is 0 Å². The van der Waals surface area contributed by atoms with E-state index in [2.05, 4.69) is 35.4 Å². The summed E-state index contributed by atoms with van der Waals surface area (Å²) in [7, 11) is 3.43. The molecule has 1 aliphatic carbocycles. The van der Waals surface area contributed by atoms with E-state index in [1.807, 2.05) is 0 Å². The van der Waals surface area contributed by atoms with E-state index < -0.39 is 0 Å². The van der Waals surface area contributed by atoms with Crippen LogP contribution in [0.25, 0.3) is 0 Å². The van der Waals surface area contributed by atoms with Gasteiger partial charge in [0, 0.05) is 14.1 Å². The van der Waals surface area contributed by atoms with Crippen LogP contribution in [0.3, 0.4) is 0 Å². The maximum Gasteiger partial charge on any atom is 0.275 e. The molecule has 21 heavy (non-hydrogen) atoms. The smallest absolute Gasteiger partial charge is 0.275 e. The molecule has 0 aliphatic heterocycles. The number of hydrogen-bond acceptors (Lipinski definition) is 3. The van der Waals surface area contributed by atoms with Crippen LogP contribution in [-0.2, 0) is 12.8 Å². The Bertz CT molecular complexity index is 675. The average molecular weight is 284 g/mol. The Morgan fingerprint density at radius 3 is 2.81 bits per heavy atom. The molecule has 0 fully saturated rings. The van der Waals surface area contributed by atoms with Gasteiger partial charge in [0.2, 0.25) is 0 Å². The van der Waals surface area contributed by atoms with E-state index in [9.17, 15) is 4.79 Å². The van der Waals surface area contributed by atoms with E-state index in [0.29, 0.717) is 5.69 Å². The highest BCUT2D eigenvalue weighted by atomic mass is 16.2. The molecule has 1 aromatic carbocycles. The molecule has 0 spiro atoms. The maximum absolute atomic E-state index is 11.9. The van der Waals surface area contributed by atoms with E-state index in [0.717, 1.165) is 6.42 Å². The molecule has 0 radical (unpaired) electrons. The number of nitrogens with zero attached hydrogens (tertiary/aromatic N) is 4. The third kappa shape index (κ3) is 2.55. The van der Waals surface area contributed by atoms with E-state index >= 15 is 0 Å². The minimum atomic E-state index is -0.123. The lowest BCUT2D eigenvalue weighted by Crippen LogP contribution is -2.22. The number of fused-ring (bicyclic) bond motifs is 1. The van der Waals surface area contributed by atoms with Gasteiger partial charge in [0.25, 0.3) is 5.91 Å². The summed E-state index contributed by atoms with van der Waals surface area (Å²) in [4.78, 5) is 13.4. The first-order chi connectivity index (χ1) is 10.1. The minimum absolute atomic E-state index is 0.0760. The lowest BCUT2D eigenvalue weighted by atomic mass is 10.0. The molecule has 2 aromatic rings. The first-order valence-corrected chi connectivity index (χ1v) is 7.31. The van der Waals surface area contributed by atoms with Crippen LogP contribution in [0.4, 0.5) is 0 Å². The van der Waals surface area contributed by atoms with Gasteiger partial charge in [0.1, 0.15) is 0 Å². The van der Waals surface area contributed by atoms with E-state index in [4.69, 9.17) is 0 Å². The van der Waals surface area contributed by atoms with Crippen molar-refractivity contribution in [2.24, 2.45) is 0 Å². The van der Waals surface area contributed by atoms with Crippen LogP contribution in [0.1, 0.15) is 46.6 Å². The normalized spacial score (nSPS) is 14.8. The number of carbonyl (C=O) groups excluding carboxylic acids is 1. The van der Waals surface area contributed by atoms with Gasteiger partial charge in [-0.1, -0.05) is 23.4 Å². The van der Waals surface area contributed by atoms with Crippen molar-refractivity contribution in [1.29, 1.82) is 0 Å². The second-order valence-electron chi connectivity index (χ2n) is 5.84.